The lowest BCUT2D eigenvalue weighted by Crippen LogP contribution is -2.34. The molecule has 3 N–H and O–H groups in total. The van der Waals surface area contributed by atoms with E-state index in [0.29, 0.717) is 28.6 Å². The standard InChI is InChI=1S/C15H24N4OS/c1-9(2)7-17-15-18-13(16)12(21-15)14(20)19(11-5-6-11)8-10-3-4-10/h9-11H,3-8,16H2,1-2H3,(H,17,18). The zero-order valence-corrected chi connectivity index (χ0v) is 13.6. The predicted molar refractivity (Wildman–Crippen MR) is 86.6 cm³/mol. The van der Waals surface area contributed by atoms with Crippen molar-refractivity contribution in [1.82, 2.24) is 9.88 Å². The van der Waals surface area contributed by atoms with E-state index in [9.17, 15) is 4.79 Å². The van der Waals surface area contributed by atoms with Crippen molar-refractivity contribution < 1.29 is 4.79 Å². The Labute approximate surface area is 129 Å². The number of hydrogen-bond acceptors (Lipinski definition) is 5. The maximum atomic E-state index is 12.8. The lowest BCUT2D eigenvalue weighted by molar-refractivity contribution is 0.0740. The van der Waals surface area contributed by atoms with Crippen LogP contribution >= 0.6 is 11.3 Å². The third-order valence-electron chi connectivity index (χ3n) is 3.91. The number of nitrogens with one attached hydrogen (secondary N) is 1. The molecule has 0 saturated heterocycles. The molecule has 0 atom stereocenters. The van der Waals surface area contributed by atoms with Crippen LogP contribution in [0.15, 0.2) is 0 Å². The topological polar surface area (TPSA) is 71.2 Å². The number of nitrogens with two attached hydrogens (primary N) is 1. The van der Waals surface area contributed by atoms with E-state index in [1.165, 1.54) is 24.2 Å². The summed E-state index contributed by atoms with van der Waals surface area (Å²) in [5.74, 6) is 1.70. The molecule has 2 saturated carbocycles. The molecular weight excluding hydrogens is 284 g/mol. The number of carbonyl (C=O) groups excluding carboxylic acids is 1. The number of thiazole rings is 1. The number of nitrogen functional groups attached to an aromatic ring is 1. The fourth-order valence-corrected chi connectivity index (χ4v) is 3.19. The van der Waals surface area contributed by atoms with Gasteiger partial charge in [0.25, 0.3) is 5.91 Å². The van der Waals surface area contributed by atoms with Crippen molar-refractivity contribution in [2.45, 2.75) is 45.6 Å². The number of hydrogen-bond donors (Lipinski definition) is 2. The minimum Gasteiger partial charge on any atom is -0.382 e. The number of amides is 1. The summed E-state index contributed by atoms with van der Waals surface area (Å²) in [7, 11) is 0. The van der Waals surface area contributed by atoms with Gasteiger partial charge in [-0.3, -0.25) is 4.79 Å². The van der Waals surface area contributed by atoms with Gasteiger partial charge in [0.05, 0.1) is 0 Å². The highest BCUT2D eigenvalue weighted by Crippen LogP contribution is 2.37. The van der Waals surface area contributed by atoms with Gasteiger partial charge in [0.1, 0.15) is 10.7 Å². The van der Waals surface area contributed by atoms with Gasteiger partial charge in [0, 0.05) is 19.1 Å². The molecule has 0 radical (unpaired) electrons. The molecule has 2 fully saturated rings. The lowest BCUT2D eigenvalue weighted by Gasteiger charge is -2.21. The Morgan fingerprint density at radius 1 is 1.43 bits per heavy atom. The van der Waals surface area contributed by atoms with Gasteiger partial charge < -0.3 is 16.0 Å². The molecule has 116 valence electrons. The molecular formula is C15H24N4OS. The molecule has 6 heteroatoms. The van der Waals surface area contributed by atoms with Crippen LogP contribution in [-0.4, -0.2) is 34.9 Å². The molecule has 1 aromatic heterocycles. The van der Waals surface area contributed by atoms with Gasteiger partial charge in [-0.1, -0.05) is 25.2 Å². The fraction of sp³-hybridized carbons (Fsp3) is 0.733. The highest BCUT2D eigenvalue weighted by Gasteiger charge is 2.38. The van der Waals surface area contributed by atoms with Gasteiger partial charge in [-0.15, -0.1) is 0 Å². The SMILES string of the molecule is CC(C)CNc1nc(N)c(C(=O)N(CC2CC2)C2CC2)s1. The van der Waals surface area contributed by atoms with E-state index in [4.69, 9.17) is 5.73 Å². The molecule has 0 aromatic carbocycles. The van der Waals surface area contributed by atoms with Gasteiger partial charge in [0.2, 0.25) is 0 Å². The third kappa shape index (κ3) is 3.67. The smallest absolute Gasteiger partial charge is 0.268 e. The average Bonchev–Trinajstić information content (AvgIpc) is 3.32. The highest BCUT2D eigenvalue weighted by molar-refractivity contribution is 7.18. The van der Waals surface area contributed by atoms with E-state index >= 15 is 0 Å². The van der Waals surface area contributed by atoms with E-state index in [-0.39, 0.29) is 5.91 Å². The molecule has 0 aliphatic heterocycles. The van der Waals surface area contributed by atoms with Gasteiger partial charge in [-0.2, -0.15) is 0 Å². The molecule has 1 heterocycles. The molecule has 21 heavy (non-hydrogen) atoms. The summed E-state index contributed by atoms with van der Waals surface area (Å²) in [6.07, 6.45) is 4.79. The van der Waals surface area contributed by atoms with Crippen LogP contribution in [0.1, 0.15) is 49.2 Å². The molecule has 1 aromatic rings. The number of nitrogens with zero attached hydrogens (tertiary/aromatic N) is 2. The quantitative estimate of drug-likeness (QED) is 0.812. The van der Waals surface area contributed by atoms with Crippen LogP contribution in [0.25, 0.3) is 0 Å². The van der Waals surface area contributed by atoms with Crippen LogP contribution in [0.3, 0.4) is 0 Å². The first-order valence-electron chi connectivity index (χ1n) is 7.85. The van der Waals surface area contributed by atoms with Crippen molar-refractivity contribution in [2.24, 2.45) is 11.8 Å². The van der Waals surface area contributed by atoms with E-state index in [1.807, 2.05) is 4.90 Å². The zero-order chi connectivity index (χ0) is 15.0. The van der Waals surface area contributed by atoms with E-state index in [2.05, 4.69) is 24.1 Å². The summed E-state index contributed by atoms with van der Waals surface area (Å²) < 4.78 is 0. The largest absolute Gasteiger partial charge is 0.382 e. The molecule has 0 unspecified atom stereocenters. The second-order valence-corrected chi connectivity index (χ2v) is 7.64. The summed E-state index contributed by atoms with van der Waals surface area (Å²) in [6, 6.07) is 0.437. The maximum Gasteiger partial charge on any atom is 0.268 e. The molecule has 3 rings (SSSR count). The molecule has 0 bridgehead atoms. The van der Waals surface area contributed by atoms with Gasteiger partial charge in [0.15, 0.2) is 5.13 Å². The van der Waals surface area contributed by atoms with Crippen LogP contribution < -0.4 is 11.1 Å². The van der Waals surface area contributed by atoms with E-state index in [0.717, 1.165) is 31.1 Å². The first-order chi connectivity index (χ1) is 10.0. The Morgan fingerprint density at radius 3 is 2.71 bits per heavy atom. The van der Waals surface area contributed by atoms with Crippen molar-refractivity contribution in [3.8, 4) is 0 Å². The van der Waals surface area contributed by atoms with Crippen molar-refractivity contribution in [1.29, 1.82) is 0 Å². The molecule has 1 amide bonds. The minimum atomic E-state index is 0.0806. The molecule has 2 aliphatic rings. The molecule has 2 aliphatic carbocycles. The Hall–Kier alpha value is -1.30. The minimum absolute atomic E-state index is 0.0806. The summed E-state index contributed by atoms with van der Waals surface area (Å²) in [6.45, 7) is 6.02. The van der Waals surface area contributed by atoms with Crippen molar-refractivity contribution in [3.05, 3.63) is 4.88 Å². The van der Waals surface area contributed by atoms with Crippen LogP contribution in [0.4, 0.5) is 10.9 Å². The van der Waals surface area contributed by atoms with Gasteiger partial charge in [-0.25, -0.2) is 4.98 Å². The van der Waals surface area contributed by atoms with Crippen LogP contribution in [0.5, 0.6) is 0 Å². The Bertz CT molecular complexity index is 520. The predicted octanol–water partition coefficient (Wildman–Crippen LogP) is 2.81. The Kier molecular flexibility index (Phi) is 4.06. The van der Waals surface area contributed by atoms with Crippen molar-refractivity contribution in [3.63, 3.8) is 0 Å². The third-order valence-corrected chi connectivity index (χ3v) is 4.93. The monoisotopic (exact) mass is 308 g/mol. The van der Waals surface area contributed by atoms with Gasteiger partial charge in [-0.05, 0) is 37.5 Å². The number of rotatable bonds is 7. The average molecular weight is 308 g/mol. The lowest BCUT2D eigenvalue weighted by atomic mass is 10.2. The van der Waals surface area contributed by atoms with Crippen LogP contribution in [0, 0.1) is 11.8 Å². The molecule has 5 nitrogen and oxygen atoms in total. The first-order valence-corrected chi connectivity index (χ1v) is 8.67. The van der Waals surface area contributed by atoms with E-state index in [1.54, 1.807) is 0 Å². The van der Waals surface area contributed by atoms with Crippen LogP contribution in [0.2, 0.25) is 0 Å². The van der Waals surface area contributed by atoms with Crippen LogP contribution in [-0.2, 0) is 0 Å². The summed E-state index contributed by atoms with van der Waals surface area (Å²) >= 11 is 1.39. The number of aromatic nitrogens is 1. The number of anilines is 2. The van der Waals surface area contributed by atoms with E-state index < -0.39 is 0 Å². The Morgan fingerprint density at radius 2 is 2.14 bits per heavy atom. The summed E-state index contributed by atoms with van der Waals surface area (Å²) in [5.41, 5.74) is 5.97. The zero-order valence-electron chi connectivity index (χ0n) is 12.8. The second kappa shape index (κ2) is 5.83. The highest BCUT2D eigenvalue weighted by atomic mass is 32.1. The van der Waals surface area contributed by atoms with Crippen molar-refractivity contribution >= 4 is 28.2 Å². The summed E-state index contributed by atoms with van der Waals surface area (Å²) in [4.78, 5) is 19.7. The maximum absolute atomic E-state index is 12.8. The Balaban J connectivity index is 1.70. The number of carbonyl (C=O) groups is 1. The molecule has 0 spiro atoms. The van der Waals surface area contributed by atoms with Crippen molar-refractivity contribution in [2.75, 3.05) is 24.1 Å². The summed E-state index contributed by atoms with van der Waals surface area (Å²) in [5, 5.41) is 4.01. The second-order valence-electron chi connectivity index (χ2n) is 6.64. The van der Waals surface area contributed by atoms with Gasteiger partial charge >= 0.3 is 0 Å². The normalized spacial score (nSPS) is 18.0. The fourth-order valence-electron chi connectivity index (χ4n) is 2.35. The first kappa shape index (κ1) is 14.6.